The lowest BCUT2D eigenvalue weighted by Crippen LogP contribution is -2.52. The normalized spacial score (nSPS) is 25.1. The third kappa shape index (κ3) is 3.77. The topological polar surface area (TPSA) is 66.9 Å². The van der Waals surface area contributed by atoms with Gasteiger partial charge in [-0.1, -0.05) is 48.0 Å². The molecule has 4 rings (SSSR count). The summed E-state index contributed by atoms with van der Waals surface area (Å²) in [6, 6.07) is 17.1. The van der Waals surface area contributed by atoms with Crippen LogP contribution in [0.3, 0.4) is 0 Å². The zero-order chi connectivity index (χ0) is 21.4. The Labute approximate surface area is 178 Å². The number of carbonyl (C=O) groups excluding carboxylic acids is 1. The van der Waals surface area contributed by atoms with Gasteiger partial charge in [0.15, 0.2) is 0 Å². The van der Waals surface area contributed by atoms with Crippen LogP contribution in [0, 0.1) is 18.3 Å². The van der Waals surface area contributed by atoms with E-state index in [2.05, 4.69) is 17.0 Å². The molecule has 7 heteroatoms. The van der Waals surface area contributed by atoms with Crippen LogP contribution in [0.5, 0.6) is 0 Å². The van der Waals surface area contributed by atoms with Crippen LogP contribution >= 0.6 is 0 Å². The standard InChI is InChI=1S/C23H28N2O4S/c1-18-8-10-21(11-9-18)30(27,28)25-13-12-23(22(26)29-2)17-24(15-20(23)16-25)14-19-6-4-3-5-7-19/h3-11,20H,12-17H2,1-2H3/t20-,23+/m0/s1. The molecule has 2 heterocycles. The number of sulfonamides is 1. The zero-order valence-corrected chi connectivity index (χ0v) is 18.3. The molecule has 6 nitrogen and oxygen atoms in total. The van der Waals surface area contributed by atoms with E-state index in [1.165, 1.54) is 17.0 Å². The molecule has 2 aromatic rings. The monoisotopic (exact) mass is 428 g/mol. The van der Waals surface area contributed by atoms with Crippen LogP contribution in [-0.4, -0.2) is 56.9 Å². The van der Waals surface area contributed by atoms with Gasteiger partial charge in [0.1, 0.15) is 0 Å². The van der Waals surface area contributed by atoms with Gasteiger partial charge in [0, 0.05) is 38.6 Å². The highest BCUT2D eigenvalue weighted by atomic mass is 32.2. The summed E-state index contributed by atoms with van der Waals surface area (Å²) < 4.78 is 33.1. The smallest absolute Gasteiger partial charge is 0.313 e. The molecule has 2 aromatic carbocycles. The Morgan fingerprint density at radius 1 is 1.10 bits per heavy atom. The first-order valence-corrected chi connectivity index (χ1v) is 11.7. The number of fused-ring (bicyclic) bond motifs is 1. The van der Waals surface area contributed by atoms with Gasteiger partial charge in [0.25, 0.3) is 0 Å². The van der Waals surface area contributed by atoms with Crippen molar-refractivity contribution in [1.29, 1.82) is 0 Å². The number of piperidine rings is 1. The maximum Gasteiger partial charge on any atom is 0.313 e. The molecule has 0 aliphatic carbocycles. The number of ether oxygens (including phenoxy) is 1. The van der Waals surface area contributed by atoms with E-state index in [1.807, 2.05) is 37.3 Å². The second-order valence-corrected chi connectivity index (χ2v) is 10.4. The van der Waals surface area contributed by atoms with E-state index >= 15 is 0 Å². The number of rotatable bonds is 5. The molecule has 0 bridgehead atoms. The molecule has 2 aliphatic rings. The van der Waals surface area contributed by atoms with Crippen LogP contribution in [0.1, 0.15) is 17.5 Å². The minimum absolute atomic E-state index is 0.0948. The highest BCUT2D eigenvalue weighted by molar-refractivity contribution is 7.89. The summed E-state index contributed by atoms with van der Waals surface area (Å²) in [5.74, 6) is -0.321. The Kier molecular flexibility index (Phi) is 5.70. The SMILES string of the molecule is COC(=O)[C@@]12CCN(S(=O)(=O)c3ccc(C)cc3)C[C@@H]1CN(Cc1ccccc1)C2. The molecule has 0 N–H and O–H groups in total. The van der Waals surface area contributed by atoms with E-state index in [0.717, 1.165) is 12.1 Å². The number of nitrogens with zero attached hydrogens (tertiary/aromatic N) is 2. The Morgan fingerprint density at radius 3 is 2.47 bits per heavy atom. The number of benzene rings is 2. The lowest BCUT2D eigenvalue weighted by Gasteiger charge is -2.40. The Morgan fingerprint density at radius 2 is 1.80 bits per heavy atom. The lowest BCUT2D eigenvalue weighted by molar-refractivity contribution is -0.156. The number of esters is 1. The van der Waals surface area contributed by atoms with E-state index in [-0.39, 0.29) is 11.9 Å². The van der Waals surface area contributed by atoms with Crippen LogP contribution < -0.4 is 0 Å². The number of likely N-dealkylation sites (tertiary alicyclic amines) is 1. The number of methoxy groups -OCH3 is 1. The maximum absolute atomic E-state index is 13.2. The second kappa shape index (κ2) is 8.13. The fourth-order valence-corrected chi connectivity index (χ4v) is 6.32. The molecule has 0 aromatic heterocycles. The first kappa shape index (κ1) is 21.0. The minimum atomic E-state index is -3.59. The molecule has 30 heavy (non-hydrogen) atoms. The summed E-state index contributed by atoms with van der Waals surface area (Å²) in [7, 11) is -2.17. The molecule has 0 saturated carbocycles. The largest absolute Gasteiger partial charge is 0.469 e. The van der Waals surface area contributed by atoms with Crippen molar-refractivity contribution < 1.29 is 17.9 Å². The number of aryl methyl sites for hydroxylation is 1. The van der Waals surface area contributed by atoms with Gasteiger partial charge < -0.3 is 4.74 Å². The van der Waals surface area contributed by atoms with Crippen LogP contribution in [-0.2, 0) is 26.1 Å². The van der Waals surface area contributed by atoms with Crippen molar-refractivity contribution in [2.24, 2.45) is 11.3 Å². The molecule has 0 amide bonds. The quantitative estimate of drug-likeness (QED) is 0.685. The minimum Gasteiger partial charge on any atom is -0.469 e. The summed E-state index contributed by atoms with van der Waals surface area (Å²) in [6.07, 6.45) is 0.473. The lowest BCUT2D eigenvalue weighted by atomic mass is 9.73. The van der Waals surface area contributed by atoms with Gasteiger partial charge in [0.05, 0.1) is 17.4 Å². The first-order chi connectivity index (χ1) is 14.3. The maximum atomic E-state index is 13.2. The van der Waals surface area contributed by atoms with Crippen molar-refractivity contribution in [3.63, 3.8) is 0 Å². The van der Waals surface area contributed by atoms with Crippen molar-refractivity contribution in [3.8, 4) is 0 Å². The van der Waals surface area contributed by atoms with Gasteiger partial charge in [-0.25, -0.2) is 8.42 Å². The Bertz CT molecular complexity index is 1010. The average molecular weight is 429 g/mol. The number of hydrogen-bond donors (Lipinski definition) is 0. The molecule has 2 fully saturated rings. The van der Waals surface area contributed by atoms with Crippen molar-refractivity contribution in [3.05, 3.63) is 65.7 Å². The highest BCUT2D eigenvalue weighted by Gasteiger charge is 2.56. The number of hydrogen-bond acceptors (Lipinski definition) is 5. The molecule has 160 valence electrons. The van der Waals surface area contributed by atoms with Gasteiger partial charge in [-0.3, -0.25) is 9.69 Å². The van der Waals surface area contributed by atoms with Gasteiger partial charge in [0.2, 0.25) is 10.0 Å². The van der Waals surface area contributed by atoms with Crippen LogP contribution in [0.15, 0.2) is 59.5 Å². The van der Waals surface area contributed by atoms with E-state index in [4.69, 9.17) is 4.74 Å². The second-order valence-electron chi connectivity index (χ2n) is 8.43. The predicted octanol–water partition coefficient (Wildman–Crippen LogP) is 2.68. The fourth-order valence-electron chi connectivity index (χ4n) is 4.83. The first-order valence-electron chi connectivity index (χ1n) is 10.3. The third-order valence-electron chi connectivity index (χ3n) is 6.50. The van der Waals surface area contributed by atoms with E-state index in [1.54, 1.807) is 12.1 Å². The summed E-state index contributed by atoms with van der Waals surface area (Å²) in [5, 5.41) is 0. The molecule has 2 atom stereocenters. The highest BCUT2D eigenvalue weighted by Crippen LogP contribution is 2.45. The van der Waals surface area contributed by atoms with Crippen molar-refractivity contribution in [2.75, 3.05) is 33.3 Å². The van der Waals surface area contributed by atoms with Crippen LogP contribution in [0.25, 0.3) is 0 Å². The fraction of sp³-hybridized carbons (Fsp3) is 0.435. The summed E-state index contributed by atoms with van der Waals surface area (Å²) in [5.41, 5.74) is 1.55. The summed E-state index contributed by atoms with van der Waals surface area (Å²) in [4.78, 5) is 15.4. The van der Waals surface area contributed by atoms with E-state index < -0.39 is 15.4 Å². The third-order valence-corrected chi connectivity index (χ3v) is 8.38. The molecular formula is C23H28N2O4S. The van der Waals surface area contributed by atoms with Gasteiger partial charge in [-0.2, -0.15) is 4.31 Å². The Hall–Kier alpha value is -2.22. The predicted molar refractivity (Wildman–Crippen MR) is 114 cm³/mol. The van der Waals surface area contributed by atoms with E-state index in [9.17, 15) is 13.2 Å². The molecule has 0 spiro atoms. The van der Waals surface area contributed by atoms with Crippen LogP contribution in [0.2, 0.25) is 0 Å². The zero-order valence-electron chi connectivity index (χ0n) is 17.5. The molecule has 0 unspecified atom stereocenters. The molecule has 2 aliphatic heterocycles. The molecular weight excluding hydrogens is 400 g/mol. The summed E-state index contributed by atoms with van der Waals surface area (Å²) in [6.45, 7) is 4.59. The van der Waals surface area contributed by atoms with Crippen molar-refractivity contribution >= 4 is 16.0 Å². The van der Waals surface area contributed by atoms with Crippen molar-refractivity contribution in [2.45, 2.75) is 24.8 Å². The van der Waals surface area contributed by atoms with Gasteiger partial charge in [-0.05, 0) is 31.0 Å². The van der Waals surface area contributed by atoms with Gasteiger partial charge in [-0.15, -0.1) is 0 Å². The van der Waals surface area contributed by atoms with Crippen molar-refractivity contribution in [1.82, 2.24) is 9.21 Å². The molecule has 0 radical (unpaired) electrons. The average Bonchev–Trinajstić information content (AvgIpc) is 3.12. The van der Waals surface area contributed by atoms with Crippen LogP contribution in [0.4, 0.5) is 0 Å². The number of carbonyl (C=O) groups is 1. The Balaban J connectivity index is 1.57. The van der Waals surface area contributed by atoms with E-state index in [0.29, 0.717) is 37.5 Å². The molecule has 2 saturated heterocycles. The van der Waals surface area contributed by atoms with Gasteiger partial charge >= 0.3 is 5.97 Å². The summed E-state index contributed by atoms with van der Waals surface area (Å²) >= 11 is 0.